The zero-order valence-corrected chi connectivity index (χ0v) is 23.5. The summed E-state index contributed by atoms with van der Waals surface area (Å²) >= 11 is 1.77. The van der Waals surface area contributed by atoms with E-state index >= 15 is 0 Å². The van der Waals surface area contributed by atoms with Gasteiger partial charge in [0, 0.05) is 0 Å². The predicted molar refractivity (Wildman–Crippen MR) is 149 cm³/mol. The van der Waals surface area contributed by atoms with E-state index in [9.17, 15) is 0 Å². The third-order valence-electron chi connectivity index (χ3n) is 6.11. The molecule has 0 aromatic heterocycles. The zero-order valence-electron chi connectivity index (χ0n) is 22.7. The average molecular weight is 527 g/mol. The summed E-state index contributed by atoms with van der Waals surface area (Å²) in [5.41, 5.74) is 4.18. The minimum atomic E-state index is -0.109. The first-order valence-corrected chi connectivity index (χ1v) is 14.3. The number of rotatable bonds is 14. The topological polar surface area (TPSA) is 55.4 Å². The van der Waals surface area contributed by atoms with Crippen LogP contribution in [-0.4, -0.2) is 39.6 Å². The van der Waals surface area contributed by atoms with E-state index in [4.69, 9.17) is 28.4 Å². The van der Waals surface area contributed by atoms with E-state index in [1.165, 1.54) is 0 Å². The molecule has 6 nitrogen and oxygen atoms in total. The van der Waals surface area contributed by atoms with Crippen molar-refractivity contribution in [1.82, 2.24) is 0 Å². The Morgan fingerprint density at radius 2 is 0.892 bits per heavy atom. The van der Waals surface area contributed by atoms with Gasteiger partial charge >= 0.3 is 0 Å². The number of thioether (sulfide) groups is 1. The molecule has 2 aliphatic carbocycles. The highest BCUT2D eigenvalue weighted by Crippen LogP contribution is 2.60. The van der Waals surface area contributed by atoms with Crippen LogP contribution >= 0.6 is 11.8 Å². The molecule has 37 heavy (non-hydrogen) atoms. The van der Waals surface area contributed by atoms with Crippen LogP contribution in [0.3, 0.4) is 0 Å². The van der Waals surface area contributed by atoms with E-state index in [1.54, 1.807) is 11.8 Å². The molecule has 0 amide bonds. The molecule has 2 unspecified atom stereocenters. The van der Waals surface area contributed by atoms with Crippen LogP contribution in [0.25, 0.3) is 11.5 Å². The van der Waals surface area contributed by atoms with Gasteiger partial charge in [0.15, 0.2) is 23.0 Å². The maximum Gasteiger partial charge on any atom is 0.169 e. The van der Waals surface area contributed by atoms with E-state index in [0.717, 1.165) is 56.8 Å². The summed E-state index contributed by atoms with van der Waals surface area (Å²) in [5.74, 6) is 4.78. The molecule has 0 saturated heterocycles. The van der Waals surface area contributed by atoms with Gasteiger partial charge in [-0.1, -0.05) is 24.3 Å². The van der Waals surface area contributed by atoms with Crippen molar-refractivity contribution < 1.29 is 28.4 Å². The van der Waals surface area contributed by atoms with E-state index in [-0.39, 0.29) is 10.5 Å². The summed E-state index contributed by atoms with van der Waals surface area (Å²) < 4.78 is 37.0. The van der Waals surface area contributed by atoms with Crippen molar-refractivity contribution in [2.45, 2.75) is 52.0 Å². The van der Waals surface area contributed by atoms with Crippen LogP contribution < -0.4 is 9.47 Å². The normalized spacial score (nSPS) is 18.0. The summed E-state index contributed by atoms with van der Waals surface area (Å²) in [6, 6.07) is 12.3. The molecule has 4 rings (SSSR count). The molecule has 0 N–H and O–H groups in total. The van der Waals surface area contributed by atoms with Crippen LogP contribution in [0.15, 0.2) is 47.9 Å². The molecule has 2 aliphatic rings. The van der Waals surface area contributed by atoms with Gasteiger partial charge in [-0.2, -0.15) is 0 Å². The smallest absolute Gasteiger partial charge is 0.169 e. The van der Waals surface area contributed by atoms with Crippen LogP contribution in [0.2, 0.25) is 0 Å². The van der Waals surface area contributed by atoms with Gasteiger partial charge in [-0.3, -0.25) is 0 Å². The predicted octanol–water partition coefficient (Wildman–Crippen LogP) is 7.51. The van der Waals surface area contributed by atoms with Gasteiger partial charge in [0.2, 0.25) is 0 Å². The number of hydrogen-bond acceptors (Lipinski definition) is 7. The van der Waals surface area contributed by atoms with E-state index < -0.39 is 0 Å². The molecule has 2 aromatic rings. The first kappa shape index (κ1) is 27.1. The van der Waals surface area contributed by atoms with Crippen molar-refractivity contribution in [3.8, 4) is 11.5 Å². The van der Waals surface area contributed by atoms with Gasteiger partial charge in [-0.25, -0.2) is 0 Å². The third-order valence-corrected chi connectivity index (χ3v) is 7.59. The Kier molecular flexibility index (Phi) is 9.19. The van der Waals surface area contributed by atoms with Crippen molar-refractivity contribution in [1.29, 1.82) is 0 Å². The lowest BCUT2D eigenvalue weighted by Gasteiger charge is -2.23. The molecule has 0 bridgehead atoms. The maximum atomic E-state index is 6.29. The highest BCUT2D eigenvalue weighted by molar-refractivity contribution is 8.00. The molecule has 2 aromatic carbocycles. The highest BCUT2D eigenvalue weighted by atomic mass is 32.2. The lowest BCUT2D eigenvalue weighted by molar-refractivity contribution is 0.201. The van der Waals surface area contributed by atoms with Gasteiger partial charge in [0.05, 0.1) is 61.3 Å². The van der Waals surface area contributed by atoms with Crippen LogP contribution in [0, 0.1) is 0 Å². The molecule has 200 valence electrons. The van der Waals surface area contributed by atoms with Crippen LogP contribution in [-0.2, 0) is 18.9 Å². The minimum Gasteiger partial charge on any atom is -0.493 e. The first-order valence-electron chi connectivity index (χ1n) is 13.3. The van der Waals surface area contributed by atoms with Gasteiger partial charge in [0.1, 0.15) is 11.5 Å². The van der Waals surface area contributed by atoms with Crippen molar-refractivity contribution in [3.05, 3.63) is 70.2 Å². The van der Waals surface area contributed by atoms with Crippen LogP contribution in [0.4, 0.5) is 0 Å². The molecule has 0 spiro atoms. The Labute approximate surface area is 224 Å². The molecule has 2 atom stereocenters. The third kappa shape index (κ3) is 5.11. The zero-order chi connectivity index (χ0) is 26.4. The lowest BCUT2D eigenvalue weighted by atomic mass is 10.1. The molecule has 0 heterocycles. The SMILES string of the molecule is CCOC1=C(OCC)C(SC2C(OCC)=C(OCC)c3c(OCC)cccc32)c2cccc(OCC)c21. The molecule has 0 aliphatic heterocycles. The van der Waals surface area contributed by atoms with Crippen molar-refractivity contribution in [2.75, 3.05) is 39.6 Å². The Morgan fingerprint density at radius 3 is 1.24 bits per heavy atom. The standard InChI is InChI=1S/C30H38O6S/c1-7-31-21-17-13-15-19-23(21)25(33-9-3)27(35-11-5)29(19)37-30-20-16-14-18-22(32-8-2)24(20)26(34-10-4)28(30)36-12-6/h13-18,29-30H,7-12H2,1-6H3. The fourth-order valence-electron chi connectivity index (χ4n) is 4.91. The average Bonchev–Trinajstić information content (AvgIpc) is 3.35. The Bertz CT molecular complexity index is 1070. The Balaban J connectivity index is 1.87. The van der Waals surface area contributed by atoms with Crippen molar-refractivity contribution in [2.24, 2.45) is 0 Å². The summed E-state index contributed by atoms with van der Waals surface area (Å²) in [6.45, 7) is 15.3. The van der Waals surface area contributed by atoms with Gasteiger partial charge in [-0.15, -0.1) is 11.8 Å². The number of benzene rings is 2. The number of ether oxygens (including phenoxy) is 6. The summed E-state index contributed by atoms with van der Waals surface area (Å²) in [5, 5.41) is -0.219. The lowest BCUT2D eigenvalue weighted by Crippen LogP contribution is -2.06. The van der Waals surface area contributed by atoms with Crippen LogP contribution in [0.5, 0.6) is 11.5 Å². The molecule has 7 heteroatoms. The van der Waals surface area contributed by atoms with E-state index in [2.05, 4.69) is 12.1 Å². The molecule has 0 radical (unpaired) electrons. The summed E-state index contributed by atoms with van der Waals surface area (Å²) in [6.07, 6.45) is 0. The number of hydrogen-bond donors (Lipinski definition) is 0. The van der Waals surface area contributed by atoms with E-state index in [1.807, 2.05) is 65.8 Å². The second-order valence-corrected chi connectivity index (χ2v) is 9.54. The molecule has 0 fully saturated rings. The Morgan fingerprint density at radius 1 is 0.514 bits per heavy atom. The van der Waals surface area contributed by atoms with E-state index in [0.29, 0.717) is 39.6 Å². The second kappa shape index (κ2) is 12.5. The summed E-state index contributed by atoms with van der Waals surface area (Å²) in [4.78, 5) is 0. The highest BCUT2D eigenvalue weighted by Gasteiger charge is 2.44. The first-order chi connectivity index (χ1) is 18.1. The quantitative estimate of drug-likeness (QED) is 0.252. The molecule has 0 saturated carbocycles. The van der Waals surface area contributed by atoms with Gasteiger partial charge in [-0.05, 0) is 64.8 Å². The van der Waals surface area contributed by atoms with Crippen molar-refractivity contribution in [3.63, 3.8) is 0 Å². The van der Waals surface area contributed by atoms with Crippen LogP contribution in [0.1, 0.15) is 74.3 Å². The van der Waals surface area contributed by atoms with Gasteiger partial charge in [0.25, 0.3) is 0 Å². The fourth-order valence-corrected chi connectivity index (χ4v) is 6.47. The molecular formula is C30H38O6S. The molecular weight excluding hydrogens is 488 g/mol. The minimum absolute atomic E-state index is 0.109. The van der Waals surface area contributed by atoms with Crippen molar-refractivity contribution >= 4 is 23.3 Å². The second-order valence-electron chi connectivity index (χ2n) is 8.32. The largest absolute Gasteiger partial charge is 0.493 e. The maximum absolute atomic E-state index is 6.29. The fraction of sp³-hybridized carbons (Fsp3) is 0.467. The number of fused-ring (bicyclic) bond motifs is 2. The summed E-state index contributed by atoms with van der Waals surface area (Å²) in [7, 11) is 0. The van der Waals surface area contributed by atoms with Gasteiger partial charge < -0.3 is 28.4 Å². The monoisotopic (exact) mass is 526 g/mol. The Hall–Kier alpha value is -2.93.